The van der Waals surface area contributed by atoms with E-state index in [0.717, 1.165) is 11.3 Å². The molecule has 0 spiro atoms. The van der Waals surface area contributed by atoms with E-state index in [1.807, 2.05) is 6.07 Å². The Morgan fingerprint density at radius 2 is 2.36 bits per heavy atom. The number of nitrogens with two attached hydrogens (primary N) is 1. The number of carbonyl (C=O) groups excluding carboxylic acids is 1. The largest absolute Gasteiger partial charge is 0.399 e. The Bertz CT molecular complexity index is 378. The average molecular weight is 193 g/mol. The maximum absolute atomic E-state index is 11.3. The molecule has 1 aliphatic heterocycles. The second kappa shape index (κ2) is 3.19. The molecule has 5 nitrogen and oxygen atoms in total. The minimum Gasteiger partial charge on any atom is -0.399 e. The van der Waals surface area contributed by atoms with E-state index in [2.05, 4.69) is 5.32 Å². The number of nitrogens with one attached hydrogen (secondary N) is 1. The molecule has 0 unspecified atom stereocenters. The van der Waals surface area contributed by atoms with Crippen LogP contribution >= 0.6 is 0 Å². The van der Waals surface area contributed by atoms with Gasteiger partial charge in [0, 0.05) is 11.4 Å². The van der Waals surface area contributed by atoms with E-state index in [0.29, 0.717) is 12.2 Å². The summed E-state index contributed by atoms with van der Waals surface area (Å²) in [5.41, 5.74) is 7.87. The zero-order chi connectivity index (χ0) is 10.1. The molecule has 1 aromatic carbocycles. The molecule has 2 rings (SSSR count). The highest BCUT2D eigenvalue weighted by molar-refractivity contribution is 5.92. The van der Waals surface area contributed by atoms with Gasteiger partial charge in [-0.1, -0.05) is 6.07 Å². The summed E-state index contributed by atoms with van der Waals surface area (Å²) in [6.45, 7) is 0.133. The second-order valence-corrected chi connectivity index (χ2v) is 3.19. The normalized spacial score (nSPS) is 14.9. The summed E-state index contributed by atoms with van der Waals surface area (Å²) in [6, 6.07) is 5.02. The van der Waals surface area contributed by atoms with E-state index in [1.54, 1.807) is 12.1 Å². The fourth-order valence-electron chi connectivity index (χ4n) is 1.43. The molecule has 0 fully saturated rings. The Labute approximate surface area is 81.1 Å². The molecule has 74 valence electrons. The van der Waals surface area contributed by atoms with Crippen LogP contribution in [-0.2, 0) is 6.54 Å². The van der Waals surface area contributed by atoms with Crippen molar-refractivity contribution < 1.29 is 9.90 Å². The summed E-state index contributed by atoms with van der Waals surface area (Å²) in [6.07, 6.45) is 0. The SMILES string of the molecule is Nc1ccc2c(c1)NC(=O)N(CO)C2. The molecule has 0 atom stereocenters. The lowest BCUT2D eigenvalue weighted by Gasteiger charge is -2.27. The molecule has 0 saturated carbocycles. The first-order chi connectivity index (χ1) is 6.70. The van der Waals surface area contributed by atoms with Crippen LogP contribution in [0, 0.1) is 0 Å². The topological polar surface area (TPSA) is 78.6 Å². The molecule has 0 saturated heterocycles. The number of hydrogen-bond acceptors (Lipinski definition) is 3. The first-order valence-corrected chi connectivity index (χ1v) is 4.26. The van der Waals surface area contributed by atoms with Crippen molar-refractivity contribution >= 4 is 17.4 Å². The first kappa shape index (κ1) is 8.83. The molecule has 1 heterocycles. The van der Waals surface area contributed by atoms with Gasteiger partial charge in [-0.3, -0.25) is 4.90 Å². The molecule has 5 heteroatoms. The lowest BCUT2D eigenvalue weighted by Crippen LogP contribution is -2.39. The van der Waals surface area contributed by atoms with E-state index in [1.165, 1.54) is 4.90 Å². The molecule has 14 heavy (non-hydrogen) atoms. The molecule has 2 amide bonds. The highest BCUT2D eigenvalue weighted by Gasteiger charge is 2.21. The Morgan fingerprint density at radius 1 is 1.57 bits per heavy atom. The number of rotatable bonds is 1. The zero-order valence-corrected chi connectivity index (χ0v) is 7.53. The molecular weight excluding hydrogens is 182 g/mol. The lowest BCUT2D eigenvalue weighted by molar-refractivity contribution is 0.124. The van der Waals surface area contributed by atoms with Crippen molar-refractivity contribution in [3.8, 4) is 0 Å². The van der Waals surface area contributed by atoms with Crippen LogP contribution in [0.5, 0.6) is 0 Å². The van der Waals surface area contributed by atoms with Crippen molar-refractivity contribution in [2.75, 3.05) is 17.8 Å². The number of benzene rings is 1. The summed E-state index contributed by atoms with van der Waals surface area (Å²) in [4.78, 5) is 12.6. The Balaban J connectivity index is 2.35. The van der Waals surface area contributed by atoms with E-state index in [9.17, 15) is 4.79 Å². The summed E-state index contributed by atoms with van der Waals surface area (Å²) in [7, 11) is 0. The fourth-order valence-corrected chi connectivity index (χ4v) is 1.43. The Hall–Kier alpha value is -1.75. The number of amides is 2. The summed E-state index contributed by atoms with van der Waals surface area (Å²) in [5.74, 6) is 0. The van der Waals surface area contributed by atoms with Crippen molar-refractivity contribution in [2.45, 2.75) is 6.54 Å². The van der Waals surface area contributed by atoms with Crippen LogP contribution in [-0.4, -0.2) is 22.8 Å². The summed E-state index contributed by atoms with van der Waals surface area (Å²) in [5, 5.41) is 11.5. The number of nitrogens with zero attached hydrogens (tertiary/aromatic N) is 1. The van der Waals surface area contributed by atoms with Crippen molar-refractivity contribution in [1.29, 1.82) is 0 Å². The van der Waals surface area contributed by atoms with Gasteiger partial charge < -0.3 is 16.2 Å². The summed E-state index contributed by atoms with van der Waals surface area (Å²) >= 11 is 0. The fraction of sp³-hybridized carbons (Fsp3) is 0.222. The molecule has 0 radical (unpaired) electrons. The van der Waals surface area contributed by atoms with E-state index >= 15 is 0 Å². The Kier molecular flexibility index (Phi) is 2.01. The van der Waals surface area contributed by atoms with E-state index < -0.39 is 0 Å². The van der Waals surface area contributed by atoms with Crippen LogP contribution in [0.15, 0.2) is 18.2 Å². The van der Waals surface area contributed by atoms with E-state index in [-0.39, 0.29) is 12.8 Å². The monoisotopic (exact) mass is 193 g/mol. The van der Waals surface area contributed by atoms with Crippen molar-refractivity contribution in [3.63, 3.8) is 0 Å². The van der Waals surface area contributed by atoms with Crippen molar-refractivity contribution in [1.82, 2.24) is 4.90 Å². The molecule has 0 aromatic heterocycles. The van der Waals surface area contributed by atoms with Crippen LogP contribution in [0.4, 0.5) is 16.2 Å². The molecule has 0 bridgehead atoms. The van der Waals surface area contributed by atoms with Gasteiger partial charge in [-0.2, -0.15) is 0 Å². The van der Waals surface area contributed by atoms with Gasteiger partial charge in [0.15, 0.2) is 0 Å². The number of aliphatic hydroxyl groups excluding tert-OH is 1. The van der Waals surface area contributed by atoms with E-state index in [4.69, 9.17) is 10.8 Å². The standard InChI is InChI=1S/C9H11N3O2/c10-7-2-1-6-4-12(5-13)9(14)11-8(6)3-7/h1-3,13H,4-5,10H2,(H,11,14). The number of fused-ring (bicyclic) bond motifs is 1. The minimum atomic E-state index is -0.300. The lowest BCUT2D eigenvalue weighted by atomic mass is 10.1. The van der Waals surface area contributed by atoms with Gasteiger partial charge in [0.05, 0.1) is 6.54 Å². The number of nitrogen functional groups attached to an aromatic ring is 1. The van der Waals surface area contributed by atoms with Gasteiger partial charge >= 0.3 is 6.03 Å². The van der Waals surface area contributed by atoms with Gasteiger partial charge in [0.1, 0.15) is 6.73 Å². The highest BCUT2D eigenvalue weighted by atomic mass is 16.3. The molecule has 1 aliphatic rings. The zero-order valence-electron chi connectivity index (χ0n) is 7.53. The number of aliphatic hydroxyl groups is 1. The molecule has 0 aliphatic carbocycles. The number of hydrogen-bond donors (Lipinski definition) is 3. The maximum Gasteiger partial charge on any atom is 0.323 e. The molecule has 4 N–H and O–H groups in total. The number of anilines is 2. The van der Waals surface area contributed by atoms with Crippen LogP contribution in [0.25, 0.3) is 0 Å². The smallest absolute Gasteiger partial charge is 0.323 e. The average Bonchev–Trinajstić information content (AvgIpc) is 2.16. The van der Waals surface area contributed by atoms with Crippen LogP contribution in [0.1, 0.15) is 5.56 Å². The third kappa shape index (κ3) is 1.38. The van der Waals surface area contributed by atoms with Crippen molar-refractivity contribution in [3.05, 3.63) is 23.8 Å². The van der Waals surface area contributed by atoms with Crippen molar-refractivity contribution in [2.24, 2.45) is 0 Å². The highest BCUT2D eigenvalue weighted by Crippen LogP contribution is 2.24. The van der Waals surface area contributed by atoms with Gasteiger partial charge in [-0.15, -0.1) is 0 Å². The minimum absolute atomic E-state index is 0.282. The van der Waals surface area contributed by atoms with Gasteiger partial charge in [-0.25, -0.2) is 4.79 Å². The first-order valence-electron chi connectivity index (χ1n) is 4.26. The Morgan fingerprint density at radius 3 is 3.07 bits per heavy atom. The van der Waals surface area contributed by atoms with Crippen LogP contribution in [0.3, 0.4) is 0 Å². The third-order valence-corrected chi connectivity index (χ3v) is 2.19. The number of urea groups is 1. The van der Waals surface area contributed by atoms with Gasteiger partial charge in [0.25, 0.3) is 0 Å². The maximum atomic E-state index is 11.3. The third-order valence-electron chi connectivity index (χ3n) is 2.19. The predicted octanol–water partition coefficient (Wildman–Crippen LogP) is 0.566. The summed E-state index contributed by atoms with van der Waals surface area (Å²) < 4.78 is 0. The number of carbonyl (C=O) groups is 1. The van der Waals surface area contributed by atoms with Crippen LogP contribution in [0.2, 0.25) is 0 Å². The predicted molar refractivity (Wildman–Crippen MR) is 52.5 cm³/mol. The quantitative estimate of drug-likeness (QED) is 0.570. The van der Waals surface area contributed by atoms with Crippen LogP contribution < -0.4 is 11.1 Å². The molecule has 1 aromatic rings. The second-order valence-electron chi connectivity index (χ2n) is 3.19. The van der Waals surface area contributed by atoms with Gasteiger partial charge in [0.2, 0.25) is 0 Å². The molecular formula is C9H11N3O2. The van der Waals surface area contributed by atoms with Gasteiger partial charge in [-0.05, 0) is 17.7 Å².